The number of carboxylic acid groups (broad SMARTS) is 1. The first-order valence-electron chi connectivity index (χ1n) is 8.77. The number of hydrogen-bond acceptors (Lipinski definition) is 5. The second kappa shape index (κ2) is 7.65. The molecule has 0 radical (unpaired) electrons. The standard InChI is InChI=1S/C20H23N3O4/c1-20(2,19(24)25)11-4-12-27-15-7-5-14(6-8-15)23-21-17-10-9-16(26-3)13-18(17)22-23/h5-10,13H,4,11-12H2,1-3H3,(H,24,25). The molecule has 0 amide bonds. The van der Waals surface area contributed by atoms with E-state index in [0.717, 1.165) is 28.2 Å². The fraction of sp³-hybridized carbons (Fsp3) is 0.350. The number of carbonyl (C=O) groups is 1. The number of ether oxygens (including phenoxy) is 2. The van der Waals surface area contributed by atoms with E-state index < -0.39 is 11.4 Å². The Kier molecular flexibility index (Phi) is 5.30. The average Bonchev–Trinajstić information content (AvgIpc) is 3.08. The minimum atomic E-state index is -0.788. The minimum Gasteiger partial charge on any atom is -0.497 e. The highest BCUT2D eigenvalue weighted by molar-refractivity contribution is 5.75. The maximum absolute atomic E-state index is 11.1. The lowest BCUT2D eigenvalue weighted by Crippen LogP contribution is -2.24. The van der Waals surface area contributed by atoms with E-state index in [9.17, 15) is 4.79 Å². The lowest BCUT2D eigenvalue weighted by atomic mass is 9.88. The first-order chi connectivity index (χ1) is 12.9. The molecule has 1 N–H and O–H groups in total. The Bertz CT molecular complexity index is 932. The van der Waals surface area contributed by atoms with Crippen LogP contribution in [0.5, 0.6) is 11.5 Å². The largest absolute Gasteiger partial charge is 0.497 e. The van der Waals surface area contributed by atoms with Crippen LogP contribution in [-0.4, -0.2) is 39.8 Å². The fourth-order valence-electron chi connectivity index (χ4n) is 2.62. The van der Waals surface area contributed by atoms with Crippen LogP contribution in [-0.2, 0) is 4.79 Å². The molecule has 7 nitrogen and oxygen atoms in total. The van der Waals surface area contributed by atoms with E-state index in [1.165, 1.54) is 0 Å². The molecular formula is C20H23N3O4. The molecular weight excluding hydrogens is 346 g/mol. The number of fused-ring (bicyclic) bond motifs is 1. The summed E-state index contributed by atoms with van der Waals surface area (Å²) in [6.45, 7) is 3.92. The minimum absolute atomic E-state index is 0.472. The van der Waals surface area contributed by atoms with Crippen molar-refractivity contribution in [3.63, 3.8) is 0 Å². The van der Waals surface area contributed by atoms with Crippen LogP contribution in [0.25, 0.3) is 16.7 Å². The Balaban J connectivity index is 1.61. The number of carboxylic acids is 1. The summed E-state index contributed by atoms with van der Waals surface area (Å²) in [5.74, 6) is 0.679. The van der Waals surface area contributed by atoms with Crippen molar-refractivity contribution >= 4 is 17.0 Å². The quantitative estimate of drug-likeness (QED) is 0.609. The molecule has 0 saturated heterocycles. The lowest BCUT2D eigenvalue weighted by molar-refractivity contribution is -0.147. The number of hydrogen-bond donors (Lipinski definition) is 1. The maximum atomic E-state index is 11.1. The Morgan fingerprint density at radius 3 is 2.41 bits per heavy atom. The van der Waals surface area contributed by atoms with Crippen LogP contribution >= 0.6 is 0 Å². The second-order valence-corrected chi connectivity index (χ2v) is 6.98. The number of aliphatic carboxylic acids is 1. The average molecular weight is 369 g/mol. The highest BCUT2D eigenvalue weighted by atomic mass is 16.5. The normalized spacial score (nSPS) is 11.5. The topological polar surface area (TPSA) is 86.5 Å². The predicted molar refractivity (Wildman–Crippen MR) is 102 cm³/mol. The smallest absolute Gasteiger partial charge is 0.309 e. The number of rotatable bonds is 8. The van der Waals surface area contributed by atoms with Crippen LogP contribution < -0.4 is 9.47 Å². The van der Waals surface area contributed by atoms with Crippen LogP contribution in [0.1, 0.15) is 26.7 Å². The zero-order valence-electron chi connectivity index (χ0n) is 15.7. The van der Waals surface area contributed by atoms with Gasteiger partial charge in [-0.3, -0.25) is 4.79 Å². The van der Waals surface area contributed by atoms with Crippen molar-refractivity contribution in [2.45, 2.75) is 26.7 Å². The molecule has 1 aromatic heterocycles. The van der Waals surface area contributed by atoms with Gasteiger partial charge in [-0.1, -0.05) is 0 Å². The third kappa shape index (κ3) is 4.36. The van der Waals surface area contributed by atoms with Gasteiger partial charge in [0, 0.05) is 6.07 Å². The third-order valence-electron chi connectivity index (χ3n) is 4.45. The highest BCUT2D eigenvalue weighted by Crippen LogP contribution is 2.23. The molecule has 3 rings (SSSR count). The summed E-state index contributed by atoms with van der Waals surface area (Å²) in [6.07, 6.45) is 1.24. The summed E-state index contributed by atoms with van der Waals surface area (Å²) in [6, 6.07) is 13.0. The van der Waals surface area contributed by atoms with Gasteiger partial charge in [0.2, 0.25) is 0 Å². The van der Waals surface area contributed by atoms with Crippen molar-refractivity contribution in [2.24, 2.45) is 5.41 Å². The molecule has 1 heterocycles. The van der Waals surface area contributed by atoms with Gasteiger partial charge in [0.1, 0.15) is 22.5 Å². The molecule has 3 aromatic rings. The summed E-state index contributed by atoms with van der Waals surface area (Å²) in [5.41, 5.74) is 1.64. The van der Waals surface area contributed by atoms with E-state index in [4.69, 9.17) is 14.6 Å². The number of nitrogens with zero attached hydrogens (tertiary/aromatic N) is 3. The number of aromatic nitrogens is 3. The molecule has 27 heavy (non-hydrogen) atoms. The molecule has 0 unspecified atom stereocenters. The van der Waals surface area contributed by atoms with E-state index in [0.29, 0.717) is 19.4 Å². The summed E-state index contributed by atoms with van der Waals surface area (Å²) >= 11 is 0. The number of benzene rings is 2. The van der Waals surface area contributed by atoms with Gasteiger partial charge >= 0.3 is 5.97 Å². The van der Waals surface area contributed by atoms with Gasteiger partial charge in [-0.15, -0.1) is 10.2 Å². The van der Waals surface area contributed by atoms with E-state index in [-0.39, 0.29) is 0 Å². The van der Waals surface area contributed by atoms with Gasteiger partial charge in [0.05, 0.1) is 24.8 Å². The second-order valence-electron chi connectivity index (χ2n) is 6.98. The summed E-state index contributed by atoms with van der Waals surface area (Å²) in [4.78, 5) is 12.7. The lowest BCUT2D eigenvalue weighted by Gasteiger charge is -2.18. The zero-order chi connectivity index (χ0) is 19.4. The van der Waals surface area contributed by atoms with Crippen molar-refractivity contribution < 1.29 is 19.4 Å². The number of methoxy groups -OCH3 is 1. The molecule has 0 atom stereocenters. The molecule has 0 spiro atoms. The van der Waals surface area contributed by atoms with Crippen LogP contribution in [0.4, 0.5) is 0 Å². The molecule has 0 aliphatic rings. The maximum Gasteiger partial charge on any atom is 0.309 e. The molecule has 7 heteroatoms. The van der Waals surface area contributed by atoms with E-state index in [1.54, 1.807) is 25.8 Å². The van der Waals surface area contributed by atoms with Crippen molar-refractivity contribution in [1.29, 1.82) is 0 Å². The third-order valence-corrected chi connectivity index (χ3v) is 4.45. The molecule has 0 fully saturated rings. The first kappa shape index (κ1) is 18.7. The van der Waals surface area contributed by atoms with Crippen LogP contribution in [0.2, 0.25) is 0 Å². The van der Waals surface area contributed by atoms with Gasteiger partial charge < -0.3 is 14.6 Å². The van der Waals surface area contributed by atoms with Crippen molar-refractivity contribution in [3.8, 4) is 17.2 Å². The van der Waals surface area contributed by atoms with Crippen molar-refractivity contribution in [2.75, 3.05) is 13.7 Å². The van der Waals surface area contributed by atoms with E-state index in [1.807, 2.05) is 42.5 Å². The van der Waals surface area contributed by atoms with Crippen LogP contribution in [0.3, 0.4) is 0 Å². The predicted octanol–water partition coefficient (Wildman–Crippen LogP) is 3.70. The molecule has 2 aromatic carbocycles. The SMILES string of the molecule is COc1ccc2nn(-c3ccc(OCCCC(C)(C)C(=O)O)cc3)nc2c1. The Morgan fingerprint density at radius 1 is 1.07 bits per heavy atom. The van der Waals surface area contributed by atoms with Gasteiger partial charge in [-0.25, -0.2) is 0 Å². The Hall–Kier alpha value is -3.09. The fourth-order valence-corrected chi connectivity index (χ4v) is 2.62. The summed E-state index contributed by atoms with van der Waals surface area (Å²) in [7, 11) is 1.62. The van der Waals surface area contributed by atoms with E-state index in [2.05, 4.69) is 10.2 Å². The van der Waals surface area contributed by atoms with Crippen LogP contribution in [0.15, 0.2) is 42.5 Å². The zero-order valence-corrected chi connectivity index (χ0v) is 15.7. The highest BCUT2D eigenvalue weighted by Gasteiger charge is 2.26. The summed E-state index contributed by atoms with van der Waals surface area (Å²) < 4.78 is 10.9. The molecule has 0 aliphatic heterocycles. The van der Waals surface area contributed by atoms with Gasteiger partial charge in [0.25, 0.3) is 0 Å². The molecule has 0 aliphatic carbocycles. The Morgan fingerprint density at radius 2 is 1.74 bits per heavy atom. The van der Waals surface area contributed by atoms with E-state index >= 15 is 0 Å². The van der Waals surface area contributed by atoms with Gasteiger partial charge in [-0.2, -0.15) is 4.80 Å². The van der Waals surface area contributed by atoms with Crippen LogP contribution in [0, 0.1) is 5.41 Å². The molecule has 0 saturated carbocycles. The monoisotopic (exact) mass is 369 g/mol. The van der Waals surface area contributed by atoms with Crippen molar-refractivity contribution in [3.05, 3.63) is 42.5 Å². The van der Waals surface area contributed by atoms with Gasteiger partial charge in [-0.05, 0) is 63.1 Å². The molecule has 142 valence electrons. The molecule has 0 bridgehead atoms. The van der Waals surface area contributed by atoms with Crippen molar-refractivity contribution in [1.82, 2.24) is 15.0 Å². The Labute approximate surface area is 157 Å². The van der Waals surface area contributed by atoms with Gasteiger partial charge in [0.15, 0.2) is 0 Å². The first-order valence-corrected chi connectivity index (χ1v) is 8.77. The summed E-state index contributed by atoms with van der Waals surface area (Å²) in [5, 5.41) is 18.0.